The zero-order valence-electron chi connectivity index (χ0n) is 8.53. The molecule has 0 N–H and O–H groups in total. The topological polar surface area (TPSA) is 37.4 Å². The van der Waals surface area contributed by atoms with Gasteiger partial charge in [-0.2, -0.15) is 4.31 Å². The largest absolute Gasteiger partial charge is 0.216 e. The molecule has 0 fully saturated rings. The fourth-order valence-electron chi connectivity index (χ4n) is 1.34. The smallest absolute Gasteiger partial charge is 0.212 e. The van der Waals surface area contributed by atoms with Gasteiger partial charge in [0.2, 0.25) is 10.0 Å². The normalized spacial score (nSPS) is 19.9. The van der Waals surface area contributed by atoms with Crippen LogP contribution in [-0.4, -0.2) is 36.9 Å². The van der Waals surface area contributed by atoms with E-state index in [9.17, 15) is 8.42 Å². The molecule has 5 heteroatoms. The number of nitrogens with zero attached hydrogens (tertiary/aromatic N) is 1. The Morgan fingerprint density at radius 2 is 2.21 bits per heavy atom. The monoisotopic (exact) mass is 237 g/mol. The van der Waals surface area contributed by atoms with Crippen LogP contribution in [0.2, 0.25) is 0 Å². The number of sulfonamides is 1. The molecular formula is C9H16ClNO2S. The van der Waals surface area contributed by atoms with Gasteiger partial charge in [0, 0.05) is 19.0 Å². The molecule has 0 unspecified atom stereocenters. The maximum atomic E-state index is 11.7. The predicted molar refractivity (Wildman–Crippen MR) is 59.0 cm³/mol. The maximum absolute atomic E-state index is 11.7. The second-order valence-corrected chi connectivity index (χ2v) is 6.45. The third kappa shape index (κ3) is 2.49. The first-order chi connectivity index (χ1) is 6.48. The lowest BCUT2D eigenvalue weighted by atomic mass is 10.1. The molecule has 0 amide bonds. The highest BCUT2D eigenvalue weighted by Gasteiger charge is 2.26. The van der Waals surface area contributed by atoms with Gasteiger partial charge in [-0.3, -0.25) is 0 Å². The van der Waals surface area contributed by atoms with Gasteiger partial charge in [-0.05, 0) is 20.3 Å². The summed E-state index contributed by atoms with van der Waals surface area (Å²) in [5, 5.41) is -0.339. The second kappa shape index (κ2) is 4.64. The van der Waals surface area contributed by atoms with Crippen molar-refractivity contribution < 1.29 is 8.42 Å². The number of halogens is 1. The van der Waals surface area contributed by atoms with Crippen molar-refractivity contribution in [3.05, 3.63) is 11.6 Å². The van der Waals surface area contributed by atoms with Gasteiger partial charge in [0.25, 0.3) is 0 Å². The van der Waals surface area contributed by atoms with Crippen LogP contribution in [0.5, 0.6) is 0 Å². The summed E-state index contributed by atoms with van der Waals surface area (Å²) in [5.41, 5.74) is 1.14. The average Bonchev–Trinajstić information content (AvgIpc) is 2.17. The Labute approximate surface area is 90.8 Å². The molecule has 0 radical (unpaired) electrons. The van der Waals surface area contributed by atoms with Gasteiger partial charge in [-0.25, -0.2) is 8.42 Å². The van der Waals surface area contributed by atoms with Crippen molar-refractivity contribution in [3.8, 4) is 0 Å². The summed E-state index contributed by atoms with van der Waals surface area (Å²) >= 11 is 5.67. The van der Waals surface area contributed by atoms with Crippen molar-refractivity contribution in [1.82, 2.24) is 4.31 Å². The standard InChI is InChI=1S/C9H16ClNO2S/c1-8(2)14(12,13)11-5-3-9(7-10)4-6-11/h3,8H,4-7H2,1-2H3. The first kappa shape index (κ1) is 12.0. The SMILES string of the molecule is CC(C)S(=O)(=O)N1CC=C(CCl)CC1. The maximum Gasteiger partial charge on any atom is 0.216 e. The number of rotatable bonds is 3. The summed E-state index contributed by atoms with van der Waals surface area (Å²) in [4.78, 5) is 0. The molecule has 82 valence electrons. The van der Waals surface area contributed by atoms with Crippen LogP contribution in [0.4, 0.5) is 0 Å². The van der Waals surface area contributed by atoms with Gasteiger partial charge in [-0.1, -0.05) is 11.6 Å². The first-order valence-electron chi connectivity index (χ1n) is 4.71. The molecule has 14 heavy (non-hydrogen) atoms. The average molecular weight is 238 g/mol. The summed E-state index contributed by atoms with van der Waals surface area (Å²) in [7, 11) is -3.09. The highest BCUT2D eigenvalue weighted by atomic mass is 35.5. The van der Waals surface area contributed by atoms with Gasteiger partial charge < -0.3 is 0 Å². The van der Waals surface area contributed by atoms with Gasteiger partial charge in [0.05, 0.1) is 5.25 Å². The lowest BCUT2D eigenvalue weighted by Gasteiger charge is -2.26. The minimum Gasteiger partial charge on any atom is -0.212 e. The Hall–Kier alpha value is -0.0600. The van der Waals surface area contributed by atoms with Crippen LogP contribution in [0.25, 0.3) is 0 Å². The van der Waals surface area contributed by atoms with E-state index < -0.39 is 10.0 Å². The fourth-order valence-corrected chi connectivity index (χ4v) is 2.81. The summed E-state index contributed by atoms with van der Waals surface area (Å²) in [5.74, 6) is 0.509. The van der Waals surface area contributed by atoms with E-state index in [0.717, 1.165) is 12.0 Å². The van der Waals surface area contributed by atoms with Crippen molar-refractivity contribution >= 4 is 21.6 Å². The van der Waals surface area contributed by atoms with Crippen LogP contribution < -0.4 is 0 Å². The quantitative estimate of drug-likeness (QED) is 0.552. The van der Waals surface area contributed by atoms with Crippen molar-refractivity contribution in [2.24, 2.45) is 0 Å². The molecule has 0 aromatic rings. The molecule has 0 aromatic carbocycles. The molecule has 0 aromatic heterocycles. The predicted octanol–water partition coefficient (Wildman–Crippen LogP) is 1.60. The summed E-state index contributed by atoms with van der Waals surface area (Å²) in [6.45, 7) is 4.45. The Morgan fingerprint density at radius 1 is 1.57 bits per heavy atom. The molecular weight excluding hydrogens is 222 g/mol. The van der Waals surface area contributed by atoms with Gasteiger partial charge in [0.15, 0.2) is 0 Å². The first-order valence-corrected chi connectivity index (χ1v) is 6.75. The van der Waals surface area contributed by atoms with E-state index in [2.05, 4.69) is 0 Å². The Bertz CT molecular complexity index is 322. The number of hydrogen-bond donors (Lipinski definition) is 0. The Morgan fingerprint density at radius 3 is 2.57 bits per heavy atom. The highest BCUT2D eigenvalue weighted by Crippen LogP contribution is 2.17. The van der Waals surface area contributed by atoms with Crippen molar-refractivity contribution in [2.75, 3.05) is 19.0 Å². The molecule has 1 aliphatic rings. The fraction of sp³-hybridized carbons (Fsp3) is 0.778. The second-order valence-electron chi connectivity index (χ2n) is 3.70. The number of hydrogen-bond acceptors (Lipinski definition) is 2. The molecule has 0 aliphatic carbocycles. The lowest BCUT2D eigenvalue weighted by molar-refractivity contribution is 0.426. The molecule has 0 saturated carbocycles. The number of alkyl halides is 1. The van der Waals surface area contributed by atoms with Gasteiger partial charge in [-0.15, -0.1) is 11.6 Å². The van der Waals surface area contributed by atoms with E-state index in [1.54, 1.807) is 13.8 Å². The van der Waals surface area contributed by atoms with E-state index in [1.807, 2.05) is 6.08 Å². The van der Waals surface area contributed by atoms with E-state index >= 15 is 0 Å². The molecule has 1 aliphatic heterocycles. The van der Waals surface area contributed by atoms with Gasteiger partial charge >= 0.3 is 0 Å². The van der Waals surface area contributed by atoms with Crippen LogP contribution in [0.15, 0.2) is 11.6 Å². The molecule has 0 atom stereocenters. The zero-order valence-corrected chi connectivity index (χ0v) is 10.1. The summed E-state index contributed by atoms with van der Waals surface area (Å²) in [6.07, 6.45) is 2.67. The molecule has 3 nitrogen and oxygen atoms in total. The zero-order chi connectivity index (χ0) is 10.8. The van der Waals surface area contributed by atoms with Crippen LogP contribution in [0, 0.1) is 0 Å². The van der Waals surface area contributed by atoms with Crippen LogP contribution >= 0.6 is 11.6 Å². The molecule has 0 bridgehead atoms. The van der Waals surface area contributed by atoms with E-state index in [-0.39, 0.29) is 5.25 Å². The Balaban J connectivity index is 2.72. The third-order valence-corrected chi connectivity index (χ3v) is 4.98. The van der Waals surface area contributed by atoms with Crippen molar-refractivity contribution in [1.29, 1.82) is 0 Å². The summed E-state index contributed by atoms with van der Waals surface area (Å²) < 4.78 is 25.0. The van der Waals surface area contributed by atoms with Gasteiger partial charge in [0.1, 0.15) is 0 Å². The van der Waals surface area contributed by atoms with E-state index in [0.29, 0.717) is 19.0 Å². The Kier molecular flexibility index (Phi) is 3.98. The minimum atomic E-state index is -3.09. The van der Waals surface area contributed by atoms with E-state index in [1.165, 1.54) is 4.31 Å². The minimum absolute atomic E-state index is 0.339. The molecule has 0 spiro atoms. The third-order valence-electron chi connectivity index (χ3n) is 2.39. The van der Waals surface area contributed by atoms with Crippen LogP contribution in [0.3, 0.4) is 0 Å². The molecule has 1 rings (SSSR count). The van der Waals surface area contributed by atoms with Crippen LogP contribution in [-0.2, 0) is 10.0 Å². The van der Waals surface area contributed by atoms with Crippen molar-refractivity contribution in [2.45, 2.75) is 25.5 Å². The molecule has 1 heterocycles. The molecule has 0 saturated heterocycles. The van der Waals surface area contributed by atoms with Crippen molar-refractivity contribution in [3.63, 3.8) is 0 Å². The highest BCUT2D eigenvalue weighted by molar-refractivity contribution is 7.89. The van der Waals surface area contributed by atoms with Crippen LogP contribution in [0.1, 0.15) is 20.3 Å². The lowest BCUT2D eigenvalue weighted by Crippen LogP contribution is -2.39. The van der Waals surface area contributed by atoms with E-state index in [4.69, 9.17) is 11.6 Å². The summed E-state index contributed by atoms with van der Waals surface area (Å²) in [6, 6.07) is 0.